The summed E-state index contributed by atoms with van der Waals surface area (Å²) < 4.78 is 68.2. The Labute approximate surface area is 159 Å². The third-order valence-electron chi connectivity index (χ3n) is 4.79. The predicted octanol–water partition coefficient (Wildman–Crippen LogP) is 3.13. The van der Waals surface area contributed by atoms with Crippen molar-refractivity contribution in [1.29, 1.82) is 0 Å². The lowest BCUT2D eigenvalue weighted by Gasteiger charge is -2.44. The highest BCUT2D eigenvalue weighted by Gasteiger charge is 2.44. The van der Waals surface area contributed by atoms with Crippen LogP contribution in [0.4, 0.5) is 4.39 Å². The number of fused-ring (bicyclic) bond motifs is 1. The Morgan fingerprint density at radius 3 is 2.81 bits per heavy atom. The summed E-state index contributed by atoms with van der Waals surface area (Å²) in [5.41, 5.74) is 0.588. The lowest BCUT2D eigenvalue weighted by atomic mass is 9.80. The number of hydrogen-bond acceptors (Lipinski definition) is 5. The maximum atomic E-state index is 14.7. The minimum atomic E-state index is -2.01. The SMILES string of the molecule is [2H]C1([2H])C(NC2=CC(C3(C)COC3)Oc3cc(OCCCOC)c(F)cc32)C1([2H])[2H]. The van der Waals surface area contributed by atoms with E-state index in [0.717, 1.165) is 0 Å². The second-order valence-electron chi connectivity index (χ2n) is 7.11. The summed E-state index contributed by atoms with van der Waals surface area (Å²) in [5, 5.41) is 2.95. The van der Waals surface area contributed by atoms with Crippen LogP contribution in [0.2, 0.25) is 0 Å². The van der Waals surface area contributed by atoms with Gasteiger partial charge in [-0.05, 0) is 24.9 Å². The molecule has 2 aliphatic heterocycles. The van der Waals surface area contributed by atoms with Crippen molar-refractivity contribution < 1.29 is 28.8 Å². The lowest BCUT2D eigenvalue weighted by Crippen LogP contribution is -2.51. The number of methoxy groups -OCH3 is 1. The van der Waals surface area contributed by atoms with Crippen molar-refractivity contribution in [2.45, 2.75) is 38.2 Å². The number of ether oxygens (including phenoxy) is 4. The van der Waals surface area contributed by atoms with Crippen molar-refractivity contribution in [2.24, 2.45) is 5.41 Å². The van der Waals surface area contributed by atoms with Gasteiger partial charge >= 0.3 is 0 Å². The molecule has 1 unspecified atom stereocenters. The van der Waals surface area contributed by atoms with Gasteiger partial charge in [0.05, 0.1) is 25.2 Å². The molecule has 0 spiro atoms. The smallest absolute Gasteiger partial charge is 0.166 e. The van der Waals surface area contributed by atoms with Crippen molar-refractivity contribution in [1.82, 2.24) is 5.32 Å². The van der Waals surface area contributed by atoms with Crippen LogP contribution in [0.25, 0.3) is 5.70 Å². The zero-order valence-corrected chi connectivity index (χ0v) is 14.9. The molecule has 1 N–H and O–H groups in total. The predicted molar refractivity (Wildman–Crippen MR) is 95.9 cm³/mol. The summed E-state index contributed by atoms with van der Waals surface area (Å²) in [4.78, 5) is 0. The maximum Gasteiger partial charge on any atom is 0.166 e. The van der Waals surface area contributed by atoms with E-state index >= 15 is 0 Å². The van der Waals surface area contributed by atoms with Crippen molar-refractivity contribution in [3.05, 3.63) is 29.6 Å². The average molecular weight is 367 g/mol. The van der Waals surface area contributed by atoms with Crippen molar-refractivity contribution in [2.75, 3.05) is 33.5 Å². The molecule has 1 aliphatic carbocycles. The third-order valence-corrected chi connectivity index (χ3v) is 4.79. The molecule has 5 nitrogen and oxygen atoms in total. The normalized spacial score (nSPS) is 29.5. The maximum absolute atomic E-state index is 14.7. The molecule has 0 aromatic heterocycles. The molecule has 1 aromatic carbocycles. The second-order valence-corrected chi connectivity index (χ2v) is 7.11. The van der Waals surface area contributed by atoms with Crippen LogP contribution >= 0.6 is 0 Å². The van der Waals surface area contributed by atoms with Crippen LogP contribution in [0, 0.1) is 11.2 Å². The molecule has 2 fully saturated rings. The molecule has 4 rings (SSSR count). The number of benzene rings is 1. The van der Waals surface area contributed by atoms with Crippen molar-refractivity contribution >= 4 is 5.70 Å². The highest BCUT2D eigenvalue weighted by atomic mass is 19.1. The van der Waals surface area contributed by atoms with E-state index < -0.39 is 24.6 Å². The summed E-state index contributed by atoms with van der Waals surface area (Å²) in [5.74, 6) is -0.0964. The molecular formula is C20H26FNO4. The molecule has 0 radical (unpaired) electrons. The fourth-order valence-corrected chi connectivity index (χ4v) is 3.08. The van der Waals surface area contributed by atoms with Gasteiger partial charge in [0.25, 0.3) is 0 Å². The number of nitrogens with one attached hydrogen (secondary N) is 1. The van der Waals surface area contributed by atoms with Crippen LogP contribution in [0.5, 0.6) is 11.5 Å². The van der Waals surface area contributed by atoms with Crippen LogP contribution in [-0.4, -0.2) is 45.7 Å². The topological polar surface area (TPSA) is 49.0 Å². The number of rotatable bonds is 8. The van der Waals surface area contributed by atoms with Crippen LogP contribution in [-0.2, 0) is 9.47 Å². The Balaban J connectivity index is 1.62. The summed E-state index contributed by atoms with van der Waals surface area (Å²) in [6.45, 7) is 3.82. The summed E-state index contributed by atoms with van der Waals surface area (Å²) >= 11 is 0. The monoisotopic (exact) mass is 367 g/mol. The first-order valence-corrected chi connectivity index (χ1v) is 8.78. The summed E-state index contributed by atoms with van der Waals surface area (Å²) in [6.07, 6.45) is -2.01. The quantitative estimate of drug-likeness (QED) is 0.716. The molecule has 1 saturated carbocycles. The van der Waals surface area contributed by atoms with E-state index in [1.807, 2.05) is 6.92 Å². The molecule has 0 amide bonds. The minimum Gasteiger partial charge on any atom is -0.490 e. The van der Waals surface area contributed by atoms with Gasteiger partial charge in [-0.25, -0.2) is 4.39 Å². The largest absolute Gasteiger partial charge is 0.490 e. The van der Waals surface area contributed by atoms with Gasteiger partial charge in [-0.15, -0.1) is 0 Å². The average Bonchev–Trinajstić information content (AvgIpc) is 3.05. The van der Waals surface area contributed by atoms with E-state index in [1.165, 1.54) is 12.1 Å². The van der Waals surface area contributed by atoms with Gasteiger partial charge in [0, 0.05) is 49.0 Å². The Morgan fingerprint density at radius 2 is 2.15 bits per heavy atom. The molecule has 26 heavy (non-hydrogen) atoms. The number of hydrogen-bond donors (Lipinski definition) is 1. The molecule has 2 heterocycles. The van der Waals surface area contributed by atoms with Gasteiger partial charge in [0.1, 0.15) is 11.9 Å². The van der Waals surface area contributed by atoms with Gasteiger partial charge in [-0.2, -0.15) is 0 Å². The Kier molecular flexibility index (Phi) is 3.65. The minimum absolute atomic E-state index is 0.0666. The second kappa shape index (κ2) is 7.08. The fraction of sp³-hybridized carbons (Fsp3) is 0.600. The molecule has 1 saturated heterocycles. The standard InChI is InChI=1S/C20H26FNO4/c1-20(11-24-12-20)19-9-16(22-13-4-5-13)14-8-15(21)18(10-17(14)26-19)25-7-3-6-23-2/h8-10,13,19,22H,3-7,11-12H2,1-2H3/i4D2,5D2. The van der Waals surface area contributed by atoms with Crippen molar-refractivity contribution in [3.8, 4) is 11.5 Å². The molecule has 6 heteroatoms. The van der Waals surface area contributed by atoms with E-state index in [4.69, 9.17) is 24.4 Å². The zero-order valence-electron chi connectivity index (χ0n) is 18.9. The van der Waals surface area contributed by atoms with Crippen LogP contribution in [0.3, 0.4) is 0 Å². The van der Waals surface area contributed by atoms with E-state index in [2.05, 4.69) is 5.32 Å². The molecule has 1 atom stereocenters. The van der Waals surface area contributed by atoms with Crippen LogP contribution < -0.4 is 14.8 Å². The summed E-state index contributed by atoms with van der Waals surface area (Å²) in [7, 11) is 1.59. The lowest BCUT2D eigenvalue weighted by molar-refractivity contribution is -0.141. The first-order valence-electron chi connectivity index (χ1n) is 10.8. The Bertz CT molecular complexity index is 845. The van der Waals surface area contributed by atoms with Gasteiger partial charge in [0.2, 0.25) is 0 Å². The number of halogens is 1. The molecular weight excluding hydrogens is 337 g/mol. The van der Waals surface area contributed by atoms with E-state index in [0.29, 0.717) is 49.9 Å². The molecule has 3 aliphatic rings. The first kappa shape index (κ1) is 13.4. The molecule has 1 aromatic rings. The van der Waals surface area contributed by atoms with E-state index in [1.54, 1.807) is 13.2 Å². The van der Waals surface area contributed by atoms with Gasteiger partial charge in [-0.3, -0.25) is 0 Å². The van der Waals surface area contributed by atoms with Crippen LogP contribution in [0.1, 0.15) is 37.1 Å². The van der Waals surface area contributed by atoms with Crippen molar-refractivity contribution in [3.63, 3.8) is 0 Å². The first-order chi connectivity index (χ1) is 14.1. The van der Waals surface area contributed by atoms with Gasteiger partial charge in [0.15, 0.2) is 11.6 Å². The molecule has 0 bridgehead atoms. The highest BCUT2D eigenvalue weighted by molar-refractivity contribution is 5.73. The highest BCUT2D eigenvalue weighted by Crippen LogP contribution is 2.43. The van der Waals surface area contributed by atoms with E-state index in [-0.39, 0.29) is 17.3 Å². The van der Waals surface area contributed by atoms with E-state index in [9.17, 15) is 4.39 Å². The zero-order chi connectivity index (χ0) is 21.7. The molecule has 142 valence electrons. The summed E-state index contributed by atoms with van der Waals surface area (Å²) in [6, 6.07) is 1.75. The van der Waals surface area contributed by atoms with Gasteiger partial charge in [-0.1, -0.05) is 6.92 Å². The Hall–Kier alpha value is -1.79. The fourth-order valence-electron chi connectivity index (χ4n) is 3.08. The van der Waals surface area contributed by atoms with Crippen LogP contribution in [0.15, 0.2) is 18.2 Å². The Morgan fingerprint density at radius 1 is 1.35 bits per heavy atom. The van der Waals surface area contributed by atoms with Gasteiger partial charge < -0.3 is 24.3 Å². The third kappa shape index (κ3) is 3.53.